The third kappa shape index (κ3) is 1.46. The topological polar surface area (TPSA) is 33.4 Å². The van der Waals surface area contributed by atoms with Crippen molar-refractivity contribution in [2.75, 3.05) is 18.0 Å². The van der Waals surface area contributed by atoms with Gasteiger partial charge in [-0.3, -0.25) is 9.38 Å². The molecule has 0 radical (unpaired) electrons. The van der Waals surface area contributed by atoms with E-state index in [1.807, 2.05) is 18.6 Å². The van der Waals surface area contributed by atoms with E-state index in [0.717, 1.165) is 18.7 Å². The smallest absolute Gasteiger partial charge is 0.156 e. The van der Waals surface area contributed by atoms with Gasteiger partial charge in [-0.15, -0.1) is 0 Å². The summed E-state index contributed by atoms with van der Waals surface area (Å²) >= 11 is 0. The van der Waals surface area contributed by atoms with Crippen LogP contribution >= 0.6 is 0 Å². The van der Waals surface area contributed by atoms with Gasteiger partial charge in [0.2, 0.25) is 0 Å². The number of hydrogen-bond acceptors (Lipinski definition) is 3. The van der Waals surface area contributed by atoms with Gasteiger partial charge in [-0.25, -0.2) is 4.98 Å². The highest BCUT2D eigenvalue weighted by molar-refractivity contribution is 5.50. The molecule has 1 saturated heterocycles. The zero-order chi connectivity index (χ0) is 10.1. The van der Waals surface area contributed by atoms with Crippen molar-refractivity contribution >= 4 is 11.5 Å². The van der Waals surface area contributed by atoms with Crippen LogP contribution in [0.3, 0.4) is 0 Å². The number of fused-ring (bicyclic) bond motifs is 1. The van der Waals surface area contributed by atoms with Crippen LogP contribution < -0.4 is 4.90 Å². The van der Waals surface area contributed by atoms with Crippen molar-refractivity contribution in [3.8, 4) is 0 Å². The van der Waals surface area contributed by atoms with E-state index in [-0.39, 0.29) is 0 Å². The predicted octanol–water partition coefficient (Wildman–Crippen LogP) is 1.72. The second-order valence-corrected chi connectivity index (χ2v) is 3.97. The van der Waals surface area contributed by atoms with E-state index in [1.54, 1.807) is 6.20 Å². The van der Waals surface area contributed by atoms with Crippen molar-refractivity contribution in [3.63, 3.8) is 0 Å². The molecule has 3 heterocycles. The van der Waals surface area contributed by atoms with Crippen LogP contribution in [0.4, 0.5) is 5.82 Å². The van der Waals surface area contributed by atoms with Crippen LogP contribution in [0, 0.1) is 0 Å². The van der Waals surface area contributed by atoms with E-state index >= 15 is 0 Å². The predicted molar refractivity (Wildman–Crippen MR) is 59.1 cm³/mol. The fourth-order valence-electron chi connectivity index (χ4n) is 2.19. The van der Waals surface area contributed by atoms with Gasteiger partial charge in [0.1, 0.15) is 5.82 Å². The average molecular weight is 202 g/mol. The van der Waals surface area contributed by atoms with Crippen molar-refractivity contribution in [2.45, 2.75) is 19.3 Å². The number of anilines is 1. The fraction of sp³-hybridized carbons (Fsp3) is 0.455. The Morgan fingerprint density at radius 3 is 2.80 bits per heavy atom. The minimum Gasteiger partial charge on any atom is -0.356 e. The number of nitrogens with zero attached hydrogens (tertiary/aromatic N) is 4. The molecule has 15 heavy (non-hydrogen) atoms. The van der Waals surface area contributed by atoms with Crippen molar-refractivity contribution in [2.24, 2.45) is 0 Å². The molecule has 0 amide bonds. The maximum atomic E-state index is 4.35. The highest BCUT2D eigenvalue weighted by atomic mass is 15.2. The van der Waals surface area contributed by atoms with E-state index in [2.05, 4.69) is 19.3 Å². The second kappa shape index (κ2) is 3.53. The van der Waals surface area contributed by atoms with Crippen molar-refractivity contribution < 1.29 is 0 Å². The lowest BCUT2D eigenvalue weighted by Gasteiger charge is -2.27. The largest absolute Gasteiger partial charge is 0.356 e. The Hall–Kier alpha value is -1.58. The summed E-state index contributed by atoms with van der Waals surface area (Å²) in [6.45, 7) is 2.30. The van der Waals surface area contributed by atoms with Gasteiger partial charge >= 0.3 is 0 Å². The molecule has 3 rings (SSSR count). The lowest BCUT2D eigenvalue weighted by molar-refractivity contribution is 0.572. The fourth-order valence-corrected chi connectivity index (χ4v) is 2.19. The Morgan fingerprint density at radius 2 is 1.93 bits per heavy atom. The van der Waals surface area contributed by atoms with Crippen LogP contribution in [0.15, 0.2) is 24.8 Å². The maximum Gasteiger partial charge on any atom is 0.156 e. The normalized spacial score (nSPS) is 17.2. The Morgan fingerprint density at radius 1 is 1.07 bits per heavy atom. The molecule has 0 aliphatic carbocycles. The molecule has 1 aliphatic rings. The van der Waals surface area contributed by atoms with E-state index in [0.29, 0.717) is 0 Å². The van der Waals surface area contributed by atoms with Gasteiger partial charge in [0, 0.05) is 25.5 Å². The van der Waals surface area contributed by atoms with Crippen LogP contribution in [0.2, 0.25) is 0 Å². The van der Waals surface area contributed by atoms with Crippen LogP contribution in [0.1, 0.15) is 19.3 Å². The summed E-state index contributed by atoms with van der Waals surface area (Å²) in [5.41, 5.74) is 0.929. The first-order valence-electron chi connectivity index (χ1n) is 5.47. The SMILES string of the molecule is c1cn2c(N3CCCCC3)cnc2cn1. The molecule has 2 aromatic rings. The molecule has 0 bridgehead atoms. The van der Waals surface area contributed by atoms with Gasteiger partial charge in [-0.1, -0.05) is 0 Å². The first kappa shape index (κ1) is 8.71. The lowest BCUT2D eigenvalue weighted by atomic mass is 10.1. The zero-order valence-corrected chi connectivity index (χ0v) is 8.63. The summed E-state index contributed by atoms with van der Waals surface area (Å²) in [5.74, 6) is 1.20. The highest BCUT2D eigenvalue weighted by Crippen LogP contribution is 2.20. The van der Waals surface area contributed by atoms with E-state index in [1.165, 1.54) is 25.1 Å². The lowest BCUT2D eigenvalue weighted by Crippen LogP contribution is -2.30. The Labute approximate surface area is 88.6 Å². The van der Waals surface area contributed by atoms with Crippen molar-refractivity contribution in [3.05, 3.63) is 24.8 Å². The van der Waals surface area contributed by atoms with Gasteiger partial charge in [-0.05, 0) is 19.3 Å². The number of aromatic nitrogens is 3. The monoisotopic (exact) mass is 202 g/mol. The first-order valence-corrected chi connectivity index (χ1v) is 5.47. The summed E-state index contributed by atoms with van der Waals surface area (Å²) in [5, 5.41) is 0. The minimum atomic E-state index is 0.929. The molecule has 0 spiro atoms. The molecule has 0 unspecified atom stereocenters. The average Bonchev–Trinajstić information content (AvgIpc) is 2.74. The molecule has 0 saturated carbocycles. The van der Waals surface area contributed by atoms with Crippen LogP contribution in [0.25, 0.3) is 5.65 Å². The maximum absolute atomic E-state index is 4.35. The quantitative estimate of drug-likeness (QED) is 0.706. The summed E-state index contributed by atoms with van der Waals surface area (Å²) in [6.07, 6.45) is 11.5. The molecule has 4 nitrogen and oxygen atoms in total. The van der Waals surface area contributed by atoms with Gasteiger partial charge < -0.3 is 4.90 Å². The standard InChI is InChI=1S/C11H14N4/c1-2-5-14(6-3-1)11-9-13-10-8-12-4-7-15(10)11/h4,7-9H,1-3,5-6H2. The Kier molecular flexibility index (Phi) is 2.05. The molecule has 0 N–H and O–H groups in total. The number of hydrogen-bond donors (Lipinski definition) is 0. The molecule has 0 atom stereocenters. The molecule has 4 heteroatoms. The third-order valence-corrected chi connectivity index (χ3v) is 2.98. The van der Waals surface area contributed by atoms with E-state index < -0.39 is 0 Å². The van der Waals surface area contributed by atoms with Gasteiger partial charge in [0.25, 0.3) is 0 Å². The van der Waals surface area contributed by atoms with Crippen LogP contribution in [-0.4, -0.2) is 27.5 Å². The highest BCUT2D eigenvalue weighted by Gasteiger charge is 2.14. The first-order chi connectivity index (χ1) is 7.45. The van der Waals surface area contributed by atoms with Crippen molar-refractivity contribution in [1.29, 1.82) is 0 Å². The summed E-state index contributed by atoms with van der Waals surface area (Å²) < 4.78 is 2.11. The van der Waals surface area contributed by atoms with Crippen molar-refractivity contribution in [1.82, 2.24) is 14.4 Å². The Bertz CT molecular complexity index is 456. The third-order valence-electron chi connectivity index (χ3n) is 2.98. The van der Waals surface area contributed by atoms with Crippen LogP contribution in [-0.2, 0) is 0 Å². The zero-order valence-electron chi connectivity index (χ0n) is 8.63. The Balaban J connectivity index is 2.02. The van der Waals surface area contributed by atoms with E-state index in [4.69, 9.17) is 0 Å². The summed E-state index contributed by atoms with van der Waals surface area (Å²) in [4.78, 5) is 10.8. The molecule has 1 fully saturated rings. The summed E-state index contributed by atoms with van der Waals surface area (Å²) in [6, 6.07) is 0. The van der Waals surface area contributed by atoms with E-state index in [9.17, 15) is 0 Å². The molecular formula is C11H14N4. The molecule has 78 valence electrons. The second-order valence-electron chi connectivity index (χ2n) is 3.97. The van der Waals surface area contributed by atoms with Gasteiger partial charge in [-0.2, -0.15) is 0 Å². The minimum absolute atomic E-state index is 0.929. The van der Waals surface area contributed by atoms with Gasteiger partial charge in [0.15, 0.2) is 5.65 Å². The molecule has 1 aliphatic heterocycles. The number of imidazole rings is 1. The summed E-state index contributed by atoms with van der Waals surface area (Å²) in [7, 11) is 0. The molecule has 2 aromatic heterocycles. The van der Waals surface area contributed by atoms with Gasteiger partial charge in [0.05, 0.1) is 12.4 Å². The molecule has 0 aromatic carbocycles. The molecular weight excluding hydrogens is 188 g/mol. The number of piperidine rings is 1. The number of rotatable bonds is 1. The van der Waals surface area contributed by atoms with Crippen LogP contribution in [0.5, 0.6) is 0 Å².